The number of hydrogen-bond donors (Lipinski definition) is 1. The second-order valence-corrected chi connectivity index (χ2v) is 11.2. The maximum Gasteiger partial charge on any atom is 0.249 e. The van der Waals surface area contributed by atoms with Gasteiger partial charge in [0.05, 0.1) is 24.1 Å². The van der Waals surface area contributed by atoms with Crippen molar-refractivity contribution in [3.8, 4) is 5.75 Å². The molecule has 2 aromatic carbocycles. The first-order valence-corrected chi connectivity index (χ1v) is 13.4. The Bertz CT molecular complexity index is 1190. The van der Waals surface area contributed by atoms with E-state index in [1.807, 2.05) is 30.3 Å². The lowest BCUT2D eigenvalue weighted by Crippen LogP contribution is -2.45. The number of rotatable bonds is 9. The molecule has 170 valence electrons. The number of sulfonamides is 1. The highest BCUT2D eigenvalue weighted by molar-refractivity contribution is 8.00. The Hall–Kier alpha value is -2.34. The number of nitrogens with zero attached hydrogens (tertiary/aromatic N) is 3. The van der Waals surface area contributed by atoms with Crippen LogP contribution in [0, 0.1) is 0 Å². The Morgan fingerprint density at radius 3 is 2.59 bits per heavy atom. The number of halogens is 1. The van der Waals surface area contributed by atoms with Crippen LogP contribution in [0.1, 0.15) is 12.5 Å². The molecular formula is C20H21ClN4O4S3. The number of aromatic nitrogens is 2. The van der Waals surface area contributed by atoms with E-state index in [1.165, 1.54) is 49.3 Å². The summed E-state index contributed by atoms with van der Waals surface area (Å²) in [4.78, 5) is 12.8. The summed E-state index contributed by atoms with van der Waals surface area (Å²) >= 11 is 8.88. The number of carbonyl (C=O) groups is 1. The molecule has 0 spiro atoms. The molecule has 0 bridgehead atoms. The van der Waals surface area contributed by atoms with Crippen LogP contribution >= 0.6 is 34.7 Å². The quantitative estimate of drug-likeness (QED) is 0.337. The number of benzene rings is 2. The zero-order chi connectivity index (χ0) is 23.3. The van der Waals surface area contributed by atoms with Gasteiger partial charge in [-0.25, -0.2) is 8.42 Å². The van der Waals surface area contributed by atoms with Gasteiger partial charge in [-0.3, -0.25) is 14.4 Å². The number of amides is 1. The van der Waals surface area contributed by atoms with Gasteiger partial charge in [0.1, 0.15) is 11.8 Å². The summed E-state index contributed by atoms with van der Waals surface area (Å²) in [5.74, 6) is 0.577. The van der Waals surface area contributed by atoms with Gasteiger partial charge < -0.3 is 4.74 Å². The number of anilines is 2. The molecule has 1 N–H and O–H groups in total. The Kier molecular flexibility index (Phi) is 7.99. The number of thioether (sulfide) groups is 1. The van der Waals surface area contributed by atoms with Crippen LogP contribution in [0.3, 0.4) is 0 Å². The molecule has 0 aliphatic carbocycles. The minimum Gasteiger partial charge on any atom is -0.495 e. The van der Waals surface area contributed by atoms with Crippen molar-refractivity contribution < 1.29 is 17.9 Å². The van der Waals surface area contributed by atoms with E-state index < -0.39 is 22.0 Å². The van der Waals surface area contributed by atoms with Crippen LogP contribution in [0.2, 0.25) is 5.02 Å². The number of carbonyl (C=O) groups excluding carboxylic acids is 1. The second kappa shape index (κ2) is 10.5. The first-order valence-electron chi connectivity index (χ1n) is 9.33. The Morgan fingerprint density at radius 2 is 1.97 bits per heavy atom. The fraction of sp³-hybridized carbons (Fsp3) is 0.250. The molecule has 1 atom stereocenters. The van der Waals surface area contributed by atoms with Crippen LogP contribution in [-0.4, -0.2) is 43.9 Å². The number of hydrogen-bond acceptors (Lipinski definition) is 8. The van der Waals surface area contributed by atoms with Crippen LogP contribution in [0.15, 0.2) is 52.9 Å². The zero-order valence-electron chi connectivity index (χ0n) is 17.5. The third kappa shape index (κ3) is 6.12. The number of methoxy groups -OCH3 is 1. The van der Waals surface area contributed by atoms with Crippen molar-refractivity contribution in [2.24, 2.45) is 0 Å². The Morgan fingerprint density at radius 1 is 1.25 bits per heavy atom. The molecule has 3 aromatic rings. The number of nitrogens with one attached hydrogen (secondary N) is 1. The molecule has 0 saturated heterocycles. The average Bonchev–Trinajstić information content (AvgIpc) is 3.19. The van der Waals surface area contributed by atoms with Crippen LogP contribution in [0.4, 0.5) is 10.8 Å². The van der Waals surface area contributed by atoms with Crippen LogP contribution in [-0.2, 0) is 20.6 Å². The lowest BCUT2D eigenvalue weighted by atomic mass is 10.2. The van der Waals surface area contributed by atoms with E-state index in [1.54, 1.807) is 6.07 Å². The molecule has 32 heavy (non-hydrogen) atoms. The van der Waals surface area contributed by atoms with Gasteiger partial charge in [0.2, 0.25) is 21.1 Å². The molecule has 1 aromatic heterocycles. The fourth-order valence-corrected chi connectivity index (χ4v) is 5.98. The van der Waals surface area contributed by atoms with E-state index in [0.717, 1.165) is 21.9 Å². The zero-order valence-corrected chi connectivity index (χ0v) is 20.7. The smallest absolute Gasteiger partial charge is 0.249 e. The van der Waals surface area contributed by atoms with E-state index in [2.05, 4.69) is 15.5 Å². The molecule has 12 heteroatoms. The summed E-state index contributed by atoms with van der Waals surface area (Å²) in [7, 11) is -2.33. The van der Waals surface area contributed by atoms with Crippen molar-refractivity contribution in [3.05, 3.63) is 59.1 Å². The summed E-state index contributed by atoms with van der Waals surface area (Å²) in [5.41, 5.74) is 1.39. The predicted molar refractivity (Wildman–Crippen MR) is 129 cm³/mol. The molecule has 0 saturated carbocycles. The lowest BCUT2D eigenvalue weighted by Gasteiger charge is -2.28. The minimum atomic E-state index is -3.79. The van der Waals surface area contributed by atoms with Crippen LogP contribution in [0.5, 0.6) is 5.75 Å². The topological polar surface area (TPSA) is 101 Å². The van der Waals surface area contributed by atoms with Crippen LogP contribution in [0.25, 0.3) is 0 Å². The molecule has 0 aliphatic rings. The molecular weight excluding hydrogens is 492 g/mol. The van der Waals surface area contributed by atoms with Gasteiger partial charge in [-0.05, 0) is 30.7 Å². The summed E-state index contributed by atoms with van der Waals surface area (Å²) in [6.07, 6.45) is 1.03. The average molecular weight is 513 g/mol. The van der Waals surface area contributed by atoms with Crippen molar-refractivity contribution in [3.63, 3.8) is 0 Å². The molecule has 0 unspecified atom stereocenters. The van der Waals surface area contributed by atoms with Crippen molar-refractivity contribution in [1.29, 1.82) is 0 Å². The first kappa shape index (κ1) is 24.3. The van der Waals surface area contributed by atoms with Crippen molar-refractivity contribution in [1.82, 2.24) is 10.2 Å². The summed E-state index contributed by atoms with van der Waals surface area (Å²) in [6.45, 7) is 1.49. The van der Waals surface area contributed by atoms with Gasteiger partial charge in [0.15, 0.2) is 4.34 Å². The van der Waals surface area contributed by atoms with Gasteiger partial charge in [0, 0.05) is 5.75 Å². The standard InChI is InChI=1S/C20H21ClN4O4S3/c1-13(25(32(3,27)28)15-9-10-17(29-2)16(21)11-15)18(26)22-19-23-24-20(31-19)30-12-14-7-5-4-6-8-14/h4-11,13H,12H2,1-3H3,(H,22,23,26)/t13-/m1/s1. The van der Waals surface area contributed by atoms with Gasteiger partial charge in [-0.1, -0.05) is 65.0 Å². The molecule has 0 fully saturated rings. The SMILES string of the molecule is COc1ccc(N([C@H](C)C(=O)Nc2nnc(SCc3ccccc3)s2)S(C)(=O)=O)cc1Cl. The molecule has 8 nitrogen and oxygen atoms in total. The van der Waals surface area contributed by atoms with Gasteiger partial charge in [-0.2, -0.15) is 0 Å². The third-order valence-corrected chi connectivity index (χ3v) is 7.90. The van der Waals surface area contributed by atoms with E-state index >= 15 is 0 Å². The monoisotopic (exact) mass is 512 g/mol. The normalized spacial score (nSPS) is 12.2. The van der Waals surface area contributed by atoms with Gasteiger partial charge in [-0.15, -0.1) is 10.2 Å². The lowest BCUT2D eigenvalue weighted by molar-refractivity contribution is -0.116. The summed E-state index contributed by atoms with van der Waals surface area (Å²) in [5, 5.41) is 11.2. The van der Waals surface area contributed by atoms with E-state index in [4.69, 9.17) is 16.3 Å². The highest BCUT2D eigenvalue weighted by atomic mass is 35.5. The van der Waals surface area contributed by atoms with Gasteiger partial charge >= 0.3 is 0 Å². The molecule has 3 rings (SSSR count). The minimum absolute atomic E-state index is 0.232. The maximum atomic E-state index is 12.8. The Labute approximate surface area is 200 Å². The molecule has 1 amide bonds. The molecule has 1 heterocycles. The van der Waals surface area contributed by atoms with Crippen molar-refractivity contribution >= 4 is 61.4 Å². The third-order valence-electron chi connectivity index (χ3n) is 4.32. The summed E-state index contributed by atoms with van der Waals surface area (Å²) in [6, 6.07) is 13.4. The Balaban J connectivity index is 1.71. The highest BCUT2D eigenvalue weighted by Crippen LogP contribution is 2.32. The fourth-order valence-electron chi connectivity index (χ4n) is 2.85. The number of ether oxygens (including phenoxy) is 1. The largest absolute Gasteiger partial charge is 0.495 e. The van der Waals surface area contributed by atoms with Crippen molar-refractivity contribution in [2.75, 3.05) is 23.0 Å². The molecule has 0 aliphatic heterocycles. The predicted octanol–water partition coefficient (Wildman–Crippen LogP) is 4.29. The van der Waals surface area contributed by atoms with E-state index in [-0.39, 0.29) is 10.7 Å². The van der Waals surface area contributed by atoms with E-state index in [0.29, 0.717) is 15.2 Å². The van der Waals surface area contributed by atoms with Crippen molar-refractivity contribution in [2.45, 2.75) is 23.1 Å². The first-order chi connectivity index (χ1) is 15.2. The highest BCUT2D eigenvalue weighted by Gasteiger charge is 2.30. The molecule has 0 radical (unpaired) electrons. The van der Waals surface area contributed by atoms with Crippen LogP contribution < -0.4 is 14.4 Å². The summed E-state index contributed by atoms with van der Waals surface area (Å²) < 4.78 is 31.7. The van der Waals surface area contributed by atoms with Gasteiger partial charge in [0.25, 0.3) is 0 Å². The maximum absolute atomic E-state index is 12.8. The second-order valence-electron chi connectivity index (χ2n) is 6.69. The van der Waals surface area contributed by atoms with E-state index in [9.17, 15) is 13.2 Å².